The highest BCUT2D eigenvalue weighted by Crippen LogP contribution is 2.37. The van der Waals surface area contributed by atoms with Crippen LogP contribution in [0.15, 0.2) is 30.3 Å². The van der Waals surface area contributed by atoms with Crippen LogP contribution in [0.25, 0.3) is 0 Å². The van der Waals surface area contributed by atoms with Crippen molar-refractivity contribution in [3.05, 3.63) is 35.9 Å². The largest absolute Gasteiger partial charge is 0.264 e. The van der Waals surface area contributed by atoms with E-state index in [1.807, 2.05) is 30.3 Å². The number of benzene rings is 1. The van der Waals surface area contributed by atoms with Crippen molar-refractivity contribution in [3.63, 3.8) is 0 Å². The summed E-state index contributed by atoms with van der Waals surface area (Å²) in [6.45, 7) is 0. The monoisotopic (exact) mass is 268 g/mol. The molecular formula is C14H20O3S. The Bertz CT molecular complexity index is 461. The highest BCUT2D eigenvalue weighted by molar-refractivity contribution is 7.86. The molecule has 1 aliphatic rings. The topological polar surface area (TPSA) is 43.4 Å². The molecule has 0 spiro atoms. The van der Waals surface area contributed by atoms with Gasteiger partial charge in [-0.05, 0) is 24.3 Å². The lowest BCUT2D eigenvalue weighted by Crippen LogP contribution is -2.21. The van der Waals surface area contributed by atoms with E-state index in [0.29, 0.717) is 5.92 Å². The molecule has 4 heteroatoms. The van der Waals surface area contributed by atoms with Gasteiger partial charge in [-0.15, -0.1) is 0 Å². The first kappa shape index (κ1) is 13.6. The predicted molar refractivity (Wildman–Crippen MR) is 71.7 cm³/mol. The third kappa shape index (κ3) is 3.82. The van der Waals surface area contributed by atoms with Crippen LogP contribution in [0.5, 0.6) is 0 Å². The summed E-state index contributed by atoms with van der Waals surface area (Å²) < 4.78 is 28.2. The highest BCUT2D eigenvalue weighted by Gasteiger charge is 2.28. The molecule has 1 aliphatic carbocycles. The van der Waals surface area contributed by atoms with Gasteiger partial charge in [0, 0.05) is 0 Å². The minimum atomic E-state index is -3.42. The zero-order valence-electron chi connectivity index (χ0n) is 10.7. The van der Waals surface area contributed by atoms with Crippen LogP contribution >= 0.6 is 0 Å². The van der Waals surface area contributed by atoms with E-state index in [9.17, 15) is 8.42 Å². The summed E-state index contributed by atoms with van der Waals surface area (Å²) >= 11 is 0. The molecule has 1 aromatic carbocycles. The van der Waals surface area contributed by atoms with Crippen LogP contribution in [-0.2, 0) is 14.3 Å². The first-order chi connectivity index (χ1) is 8.56. The second-order valence-electron chi connectivity index (χ2n) is 5.03. The first-order valence-electron chi connectivity index (χ1n) is 6.49. The van der Waals surface area contributed by atoms with Gasteiger partial charge in [0.15, 0.2) is 0 Å². The summed E-state index contributed by atoms with van der Waals surface area (Å²) in [5.41, 5.74) is 0.967. The Balaban J connectivity index is 2.22. The normalized spacial score (nSPS) is 19.6. The van der Waals surface area contributed by atoms with E-state index in [-0.39, 0.29) is 6.10 Å². The lowest BCUT2D eigenvalue weighted by molar-refractivity contribution is 0.116. The Hall–Kier alpha value is -0.870. The number of hydrogen-bond donors (Lipinski definition) is 0. The summed E-state index contributed by atoms with van der Waals surface area (Å²) in [7, 11) is -3.42. The second kappa shape index (κ2) is 5.85. The van der Waals surface area contributed by atoms with Crippen molar-refractivity contribution in [1.82, 2.24) is 0 Å². The molecule has 1 unspecified atom stereocenters. The predicted octanol–water partition coefficient (Wildman–Crippen LogP) is 3.28. The van der Waals surface area contributed by atoms with Gasteiger partial charge in [-0.25, -0.2) is 0 Å². The van der Waals surface area contributed by atoms with E-state index in [4.69, 9.17) is 4.18 Å². The standard InChI is InChI=1S/C14H20O3S/c1-18(15,16)17-14(12-8-4-2-5-9-12)13-10-6-3-7-11-13/h2,4-5,8-9,13-14H,3,6-7,10-11H2,1H3. The summed E-state index contributed by atoms with van der Waals surface area (Å²) in [4.78, 5) is 0. The van der Waals surface area contributed by atoms with Crippen molar-refractivity contribution in [3.8, 4) is 0 Å². The second-order valence-corrected chi connectivity index (χ2v) is 6.63. The lowest BCUT2D eigenvalue weighted by atomic mass is 9.83. The van der Waals surface area contributed by atoms with Gasteiger partial charge in [-0.3, -0.25) is 4.18 Å². The summed E-state index contributed by atoms with van der Waals surface area (Å²) in [6.07, 6.45) is 6.50. The van der Waals surface area contributed by atoms with Crippen molar-refractivity contribution < 1.29 is 12.6 Å². The summed E-state index contributed by atoms with van der Waals surface area (Å²) in [5.74, 6) is 0.316. The van der Waals surface area contributed by atoms with Crippen LogP contribution in [0, 0.1) is 5.92 Å². The SMILES string of the molecule is CS(=O)(=O)OC(c1ccccc1)C1CCCCC1. The third-order valence-electron chi connectivity index (χ3n) is 3.48. The molecule has 0 amide bonds. The van der Waals surface area contributed by atoms with Crippen LogP contribution in [0.4, 0.5) is 0 Å². The molecule has 2 rings (SSSR count). The van der Waals surface area contributed by atoms with Gasteiger partial charge in [0.2, 0.25) is 0 Å². The average molecular weight is 268 g/mol. The fourth-order valence-electron chi connectivity index (χ4n) is 2.67. The van der Waals surface area contributed by atoms with Crippen LogP contribution < -0.4 is 0 Å². The van der Waals surface area contributed by atoms with E-state index in [2.05, 4.69) is 0 Å². The molecule has 100 valence electrons. The zero-order valence-corrected chi connectivity index (χ0v) is 11.5. The van der Waals surface area contributed by atoms with Crippen molar-refractivity contribution in [2.45, 2.75) is 38.2 Å². The van der Waals surface area contributed by atoms with Gasteiger partial charge in [-0.2, -0.15) is 8.42 Å². The quantitative estimate of drug-likeness (QED) is 0.787. The molecule has 0 radical (unpaired) electrons. The van der Waals surface area contributed by atoms with Gasteiger partial charge >= 0.3 is 0 Å². The molecule has 0 N–H and O–H groups in total. The molecular weight excluding hydrogens is 248 g/mol. The van der Waals surface area contributed by atoms with Crippen molar-refractivity contribution in [2.24, 2.45) is 5.92 Å². The Kier molecular flexibility index (Phi) is 4.40. The molecule has 1 atom stereocenters. The average Bonchev–Trinajstić information content (AvgIpc) is 2.37. The van der Waals surface area contributed by atoms with E-state index in [1.165, 1.54) is 19.3 Å². The molecule has 0 aromatic heterocycles. The molecule has 0 aliphatic heterocycles. The fraction of sp³-hybridized carbons (Fsp3) is 0.571. The molecule has 0 bridgehead atoms. The maximum absolute atomic E-state index is 11.4. The van der Waals surface area contributed by atoms with Gasteiger partial charge in [0.1, 0.15) is 6.10 Å². The van der Waals surface area contributed by atoms with E-state index in [0.717, 1.165) is 24.7 Å². The van der Waals surface area contributed by atoms with E-state index in [1.54, 1.807) is 0 Å². The van der Waals surface area contributed by atoms with E-state index < -0.39 is 10.1 Å². The van der Waals surface area contributed by atoms with Gasteiger partial charge < -0.3 is 0 Å². The van der Waals surface area contributed by atoms with Crippen molar-refractivity contribution >= 4 is 10.1 Å². The zero-order chi connectivity index (χ0) is 13.0. The minimum Gasteiger partial charge on any atom is -0.262 e. The molecule has 1 fully saturated rings. The Morgan fingerprint density at radius 1 is 1.11 bits per heavy atom. The number of rotatable bonds is 4. The maximum Gasteiger partial charge on any atom is 0.264 e. The first-order valence-corrected chi connectivity index (χ1v) is 8.31. The van der Waals surface area contributed by atoms with Crippen LogP contribution in [0.2, 0.25) is 0 Å². The molecule has 3 nitrogen and oxygen atoms in total. The molecule has 1 aromatic rings. The lowest BCUT2D eigenvalue weighted by Gasteiger charge is -2.29. The fourth-order valence-corrected chi connectivity index (χ4v) is 3.32. The number of hydrogen-bond acceptors (Lipinski definition) is 3. The van der Waals surface area contributed by atoms with Gasteiger partial charge in [-0.1, -0.05) is 49.6 Å². The van der Waals surface area contributed by atoms with Crippen LogP contribution in [-0.4, -0.2) is 14.7 Å². The molecule has 18 heavy (non-hydrogen) atoms. The van der Waals surface area contributed by atoms with Gasteiger partial charge in [0.25, 0.3) is 10.1 Å². The molecule has 0 heterocycles. The van der Waals surface area contributed by atoms with Crippen LogP contribution in [0.3, 0.4) is 0 Å². The Labute approximate surface area is 109 Å². The smallest absolute Gasteiger partial charge is 0.262 e. The molecule has 0 saturated heterocycles. The third-order valence-corrected chi connectivity index (χ3v) is 4.04. The van der Waals surface area contributed by atoms with Gasteiger partial charge in [0.05, 0.1) is 6.26 Å². The van der Waals surface area contributed by atoms with Crippen molar-refractivity contribution in [1.29, 1.82) is 0 Å². The minimum absolute atomic E-state index is 0.316. The van der Waals surface area contributed by atoms with E-state index >= 15 is 0 Å². The molecule has 1 saturated carbocycles. The highest BCUT2D eigenvalue weighted by atomic mass is 32.2. The van der Waals surface area contributed by atoms with Crippen LogP contribution in [0.1, 0.15) is 43.8 Å². The maximum atomic E-state index is 11.4. The van der Waals surface area contributed by atoms with Crippen molar-refractivity contribution in [2.75, 3.05) is 6.26 Å². The Morgan fingerprint density at radius 3 is 2.28 bits per heavy atom. The summed E-state index contributed by atoms with van der Waals surface area (Å²) in [6, 6.07) is 9.68. The summed E-state index contributed by atoms with van der Waals surface area (Å²) in [5, 5.41) is 0. The Morgan fingerprint density at radius 2 is 1.72 bits per heavy atom.